The molecular formula is C23H16IN3. The van der Waals surface area contributed by atoms with Crippen LogP contribution in [-0.4, -0.2) is 5.96 Å². The smallest absolute Gasteiger partial charge is 0.198 e. The number of rotatable bonds is 2. The highest BCUT2D eigenvalue weighted by Gasteiger charge is 2.13. The lowest BCUT2D eigenvalue weighted by Gasteiger charge is -2.11. The average molecular weight is 461 g/mol. The number of guanidine groups is 1. The Kier molecular flexibility index (Phi) is 3.86. The Hall–Kier alpha value is -2.86. The molecule has 0 saturated carbocycles. The second-order valence-electron chi connectivity index (χ2n) is 6.54. The van der Waals surface area contributed by atoms with E-state index in [1.165, 1.54) is 25.3 Å². The third kappa shape index (κ3) is 2.77. The minimum absolute atomic E-state index is 0.384. The number of nitrogens with two attached hydrogens (primary N) is 1. The third-order valence-corrected chi connectivity index (χ3v) is 5.84. The Balaban J connectivity index is 1.56. The molecule has 4 aromatic rings. The molecule has 4 aromatic carbocycles. The number of fused-ring (bicyclic) bond motifs is 1. The van der Waals surface area contributed by atoms with Gasteiger partial charge in [-0.1, -0.05) is 60.7 Å². The van der Waals surface area contributed by atoms with Gasteiger partial charge in [-0.2, -0.15) is 0 Å². The largest absolute Gasteiger partial charge is 0.369 e. The molecule has 0 aromatic heterocycles. The van der Waals surface area contributed by atoms with Crippen molar-refractivity contribution in [1.29, 1.82) is 0 Å². The van der Waals surface area contributed by atoms with Crippen LogP contribution in [0.25, 0.3) is 33.7 Å². The third-order valence-electron chi connectivity index (χ3n) is 4.90. The molecule has 5 rings (SSSR count). The first-order chi connectivity index (χ1) is 13.2. The Bertz CT molecular complexity index is 1270. The molecular weight excluding hydrogens is 445 g/mol. The van der Waals surface area contributed by atoms with Crippen molar-refractivity contribution in [3.8, 4) is 0 Å². The standard InChI is InChI=1S/C23H16IN3/c24-19-11-13-20(17-7-2-1-6-16(17)19)26-23(25)27-21-12-9-15-5-3-4-14-8-10-18(21)22(14)15/h1-13H,(H3,25,26,27). The maximum atomic E-state index is 6.26. The van der Waals surface area contributed by atoms with Crippen molar-refractivity contribution in [2.75, 3.05) is 5.32 Å². The van der Waals surface area contributed by atoms with Gasteiger partial charge in [0, 0.05) is 20.2 Å². The maximum Gasteiger partial charge on any atom is 0.198 e. The second-order valence-corrected chi connectivity index (χ2v) is 7.70. The quantitative estimate of drug-likeness (QED) is 0.189. The van der Waals surface area contributed by atoms with Gasteiger partial charge in [-0.25, -0.2) is 4.99 Å². The first kappa shape index (κ1) is 16.3. The number of halogens is 1. The Morgan fingerprint density at radius 2 is 1.70 bits per heavy atom. The van der Waals surface area contributed by atoms with Gasteiger partial charge in [0.2, 0.25) is 0 Å². The lowest BCUT2D eigenvalue weighted by Crippen LogP contribution is -2.22. The van der Waals surface area contributed by atoms with Crippen LogP contribution in [0.15, 0.2) is 71.7 Å². The fourth-order valence-electron chi connectivity index (χ4n) is 3.67. The molecule has 0 atom stereocenters. The van der Waals surface area contributed by atoms with Crippen molar-refractivity contribution in [2.24, 2.45) is 10.7 Å². The SMILES string of the molecule is NC(=Nc1ccc2cccc3c2c1C=C3)Nc1ccc(I)c2ccccc12. The highest BCUT2D eigenvalue weighted by molar-refractivity contribution is 14.1. The fourth-order valence-corrected chi connectivity index (χ4v) is 4.32. The number of aliphatic imine (C=N–C) groups is 1. The predicted molar refractivity (Wildman–Crippen MR) is 124 cm³/mol. The molecule has 3 N–H and O–H groups in total. The van der Waals surface area contributed by atoms with Crippen molar-refractivity contribution in [2.45, 2.75) is 0 Å². The summed E-state index contributed by atoms with van der Waals surface area (Å²) in [5.74, 6) is 0.384. The summed E-state index contributed by atoms with van der Waals surface area (Å²) in [4.78, 5) is 4.67. The number of hydrogen-bond acceptors (Lipinski definition) is 1. The zero-order valence-corrected chi connectivity index (χ0v) is 16.6. The minimum atomic E-state index is 0.384. The summed E-state index contributed by atoms with van der Waals surface area (Å²) < 4.78 is 1.21. The van der Waals surface area contributed by atoms with Crippen molar-refractivity contribution in [3.63, 3.8) is 0 Å². The molecule has 0 spiro atoms. The van der Waals surface area contributed by atoms with Crippen molar-refractivity contribution in [3.05, 3.63) is 81.4 Å². The van der Waals surface area contributed by atoms with Gasteiger partial charge in [-0.3, -0.25) is 0 Å². The molecule has 1 aliphatic rings. The number of hydrogen-bond donors (Lipinski definition) is 2. The van der Waals surface area contributed by atoms with Gasteiger partial charge in [0.05, 0.1) is 5.69 Å². The second kappa shape index (κ2) is 6.39. The monoisotopic (exact) mass is 461 g/mol. The van der Waals surface area contributed by atoms with E-state index in [2.05, 4.69) is 87.5 Å². The van der Waals surface area contributed by atoms with Crippen LogP contribution in [0, 0.1) is 3.57 Å². The van der Waals surface area contributed by atoms with E-state index in [-0.39, 0.29) is 0 Å². The molecule has 0 saturated heterocycles. The van der Waals surface area contributed by atoms with Gasteiger partial charge >= 0.3 is 0 Å². The zero-order chi connectivity index (χ0) is 18.4. The molecule has 0 fully saturated rings. The molecule has 4 heteroatoms. The zero-order valence-electron chi connectivity index (χ0n) is 14.4. The number of benzene rings is 4. The summed E-state index contributed by atoms with van der Waals surface area (Å²) in [5.41, 5.74) is 10.5. The summed E-state index contributed by atoms with van der Waals surface area (Å²) in [6, 6.07) is 22.9. The molecule has 0 heterocycles. The summed E-state index contributed by atoms with van der Waals surface area (Å²) in [7, 11) is 0. The fraction of sp³-hybridized carbons (Fsp3) is 0. The van der Waals surface area contributed by atoms with Crippen molar-refractivity contribution < 1.29 is 0 Å². The van der Waals surface area contributed by atoms with Gasteiger partial charge in [-0.15, -0.1) is 0 Å². The molecule has 130 valence electrons. The highest BCUT2D eigenvalue weighted by Crippen LogP contribution is 2.37. The Labute approximate surface area is 170 Å². The van der Waals surface area contributed by atoms with E-state index in [0.717, 1.165) is 22.3 Å². The van der Waals surface area contributed by atoms with Gasteiger partial charge in [0.15, 0.2) is 5.96 Å². The minimum Gasteiger partial charge on any atom is -0.369 e. The van der Waals surface area contributed by atoms with Crippen molar-refractivity contribution in [1.82, 2.24) is 0 Å². The van der Waals surface area contributed by atoms with E-state index in [1.54, 1.807) is 0 Å². The summed E-state index contributed by atoms with van der Waals surface area (Å²) in [6.07, 6.45) is 4.25. The van der Waals surface area contributed by atoms with E-state index in [1.807, 2.05) is 24.3 Å². The van der Waals surface area contributed by atoms with Gasteiger partial charge in [-0.05, 0) is 62.5 Å². The predicted octanol–water partition coefficient (Wildman–Crippen LogP) is 6.14. The summed E-state index contributed by atoms with van der Waals surface area (Å²) in [5, 5.41) is 8.08. The van der Waals surface area contributed by atoms with Crippen LogP contribution in [0.1, 0.15) is 11.1 Å². The molecule has 0 bridgehead atoms. The van der Waals surface area contributed by atoms with Crippen LogP contribution in [0.2, 0.25) is 0 Å². The summed E-state index contributed by atoms with van der Waals surface area (Å²) in [6.45, 7) is 0. The molecule has 0 radical (unpaired) electrons. The first-order valence-corrected chi connectivity index (χ1v) is 9.81. The van der Waals surface area contributed by atoms with E-state index >= 15 is 0 Å². The molecule has 3 nitrogen and oxygen atoms in total. The Morgan fingerprint density at radius 3 is 2.59 bits per heavy atom. The molecule has 27 heavy (non-hydrogen) atoms. The van der Waals surface area contributed by atoms with E-state index in [0.29, 0.717) is 5.96 Å². The number of nitrogens with one attached hydrogen (secondary N) is 1. The van der Waals surface area contributed by atoms with Crippen molar-refractivity contribution >= 4 is 73.6 Å². The first-order valence-electron chi connectivity index (χ1n) is 8.73. The van der Waals surface area contributed by atoms with Crippen LogP contribution < -0.4 is 11.1 Å². The van der Waals surface area contributed by atoms with E-state index in [4.69, 9.17) is 5.73 Å². The molecule has 0 unspecified atom stereocenters. The molecule has 0 aliphatic heterocycles. The van der Waals surface area contributed by atoms with E-state index < -0.39 is 0 Å². The molecule has 1 aliphatic carbocycles. The van der Waals surface area contributed by atoms with Gasteiger partial charge in [0.25, 0.3) is 0 Å². The number of nitrogens with zero attached hydrogens (tertiary/aromatic N) is 1. The lowest BCUT2D eigenvalue weighted by atomic mass is 10.0. The van der Waals surface area contributed by atoms with Gasteiger partial charge < -0.3 is 11.1 Å². The molecule has 0 amide bonds. The van der Waals surface area contributed by atoms with Crippen LogP contribution in [-0.2, 0) is 0 Å². The number of anilines is 1. The average Bonchev–Trinajstić information content (AvgIpc) is 3.13. The van der Waals surface area contributed by atoms with Crippen LogP contribution >= 0.6 is 22.6 Å². The maximum absolute atomic E-state index is 6.26. The lowest BCUT2D eigenvalue weighted by molar-refractivity contribution is 1.45. The summed E-state index contributed by atoms with van der Waals surface area (Å²) >= 11 is 2.35. The Morgan fingerprint density at radius 1 is 0.852 bits per heavy atom. The van der Waals surface area contributed by atoms with E-state index in [9.17, 15) is 0 Å². The topological polar surface area (TPSA) is 50.4 Å². The normalized spacial score (nSPS) is 12.9. The highest BCUT2D eigenvalue weighted by atomic mass is 127. The van der Waals surface area contributed by atoms with Gasteiger partial charge in [0.1, 0.15) is 0 Å². The van der Waals surface area contributed by atoms with Crippen LogP contribution in [0.5, 0.6) is 0 Å². The van der Waals surface area contributed by atoms with Crippen LogP contribution in [0.3, 0.4) is 0 Å². The van der Waals surface area contributed by atoms with Crippen LogP contribution in [0.4, 0.5) is 11.4 Å².